The van der Waals surface area contributed by atoms with Gasteiger partial charge in [0.05, 0.1) is 12.7 Å². The molecule has 0 rings (SSSR count). The topological polar surface area (TPSA) is 55.8 Å². The predicted octanol–water partition coefficient (Wildman–Crippen LogP) is 22.3. The summed E-state index contributed by atoms with van der Waals surface area (Å²) in [6.07, 6.45) is 76.8. The van der Waals surface area contributed by atoms with Crippen LogP contribution < -0.4 is 0 Å². The maximum absolute atomic E-state index is 13.0. The average molecular weight is 974 g/mol. The van der Waals surface area contributed by atoms with Gasteiger partial charge in [-0.05, 0) is 44.9 Å². The Hall–Kier alpha value is -0.870. The van der Waals surface area contributed by atoms with E-state index in [2.05, 4.69) is 32.9 Å². The summed E-state index contributed by atoms with van der Waals surface area (Å²) in [4.78, 5) is 13.0. The van der Waals surface area contributed by atoms with Crippen LogP contribution in [0.2, 0.25) is 0 Å². The van der Waals surface area contributed by atoms with Gasteiger partial charge >= 0.3 is 5.97 Å². The van der Waals surface area contributed by atoms with Gasteiger partial charge in [0.15, 0.2) is 6.10 Å². The van der Waals surface area contributed by atoms with E-state index in [1.165, 1.54) is 315 Å². The molecular formula is C65H128O4. The van der Waals surface area contributed by atoms with Gasteiger partial charge in [-0.15, -0.1) is 0 Å². The van der Waals surface area contributed by atoms with Crippen LogP contribution in [-0.4, -0.2) is 36.5 Å². The minimum Gasteiger partial charge on any atom is -0.457 e. The molecule has 0 aliphatic heterocycles. The maximum Gasteiger partial charge on any atom is 0.306 e. The molecule has 0 aliphatic carbocycles. The highest BCUT2D eigenvalue weighted by molar-refractivity contribution is 5.69. The molecule has 0 amide bonds. The largest absolute Gasteiger partial charge is 0.457 e. The summed E-state index contributed by atoms with van der Waals surface area (Å²) >= 11 is 0. The molecule has 4 heteroatoms. The van der Waals surface area contributed by atoms with Gasteiger partial charge in [0.1, 0.15) is 0 Å². The minimum absolute atomic E-state index is 0.152. The van der Waals surface area contributed by atoms with Crippen LogP contribution in [0.15, 0.2) is 12.2 Å². The Morgan fingerprint density at radius 2 is 0.594 bits per heavy atom. The highest BCUT2D eigenvalue weighted by atomic mass is 16.6. The first-order valence-electron chi connectivity index (χ1n) is 32.3. The van der Waals surface area contributed by atoms with Crippen molar-refractivity contribution in [1.29, 1.82) is 0 Å². The Labute approximate surface area is 435 Å². The van der Waals surface area contributed by atoms with Crippen molar-refractivity contribution < 1.29 is 19.4 Å². The normalized spacial score (nSPS) is 12.7. The molecule has 0 spiro atoms. The lowest BCUT2D eigenvalue weighted by Crippen LogP contribution is -2.37. The summed E-state index contributed by atoms with van der Waals surface area (Å²) in [7, 11) is 0. The summed E-state index contributed by atoms with van der Waals surface area (Å²) in [6.45, 7) is 7.43. The van der Waals surface area contributed by atoms with Gasteiger partial charge in [0.2, 0.25) is 0 Å². The third kappa shape index (κ3) is 56.3. The number of aliphatic hydroxyl groups excluding tert-OH is 1. The number of aliphatic hydroxyl groups is 1. The average Bonchev–Trinajstić information content (AvgIpc) is 3.36. The number of allylic oxidation sites excluding steroid dienone is 2. The van der Waals surface area contributed by atoms with Crippen molar-refractivity contribution in [3.8, 4) is 0 Å². The first-order chi connectivity index (χ1) is 34.2. The molecule has 1 N–H and O–H groups in total. The molecule has 69 heavy (non-hydrogen) atoms. The molecule has 0 aromatic carbocycles. The molecule has 0 heterocycles. The smallest absolute Gasteiger partial charge is 0.306 e. The number of carbonyl (C=O) groups excluding carboxylic acids is 1. The Morgan fingerprint density at radius 3 is 0.899 bits per heavy atom. The van der Waals surface area contributed by atoms with Crippen LogP contribution >= 0.6 is 0 Å². The van der Waals surface area contributed by atoms with Crippen molar-refractivity contribution in [2.24, 2.45) is 0 Å². The second-order valence-electron chi connectivity index (χ2n) is 22.2. The Balaban J connectivity index is 4.30. The summed E-state index contributed by atoms with van der Waals surface area (Å²) < 4.78 is 12.4. The molecule has 0 radical (unpaired) electrons. The van der Waals surface area contributed by atoms with Gasteiger partial charge in [0.25, 0.3) is 0 Å². The quantitative estimate of drug-likeness (QED) is 0.0375. The van der Waals surface area contributed by atoms with Crippen LogP contribution in [0.5, 0.6) is 0 Å². The molecule has 412 valence electrons. The van der Waals surface area contributed by atoms with E-state index in [0.717, 1.165) is 32.1 Å². The first kappa shape index (κ1) is 68.1. The fourth-order valence-corrected chi connectivity index (χ4v) is 10.4. The Morgan fingerprint density at radius 1 is 0.333 bits per heavy atom. The zero-order valence-electron chi connectivity index (χ0n) is 47.8. The molecule has 0 saturated heterocycles. The van der Waals surface area contributed by atoms with Crippen molar-refractivity contribution >= 4 is 5.97 Å². The van der Waals surface area contributed by atoms with E-state index >= 15 is 0 Å². The second kappa shape index (κ2) is 61.4. The van der Waals surface area contributed by atoms with Gasteiger partial charge in [-0.3, -0.25) is 4.79 Å². The summed E-state index contributed by atoms with van der Waals surface area (Å²) in [5.74, 6) is -0.164. The van der Waals surface area contributed by atoms with Crippen molar-refractivity contribution in [3.63, 3.8) is 0 Å². The molecule has 0 fully saturated rings. The number of rotatable bonds is 61. The monoisotopic (exact) mass is 973 g/mol. The SMILES string of the molecule is CCCCCCCC/C=C\CCCCCCCC(=O)OC(CO)C(CCCCCCCCCCCCCCCCCCCCCC)OCCCCCCCCCCCCCCCCCCCCCC. The van der Waals surface area contributed by atoms with Crippen LogP contribution in [0.25, 0.3) is 0 Å². The van der Waals surface area contributed by atoms with Gasteiger partial charge in [-0.2, -0.15) is 0 Å². The highest BCUT2D eigenvalue weighted by Crippen LogP contribution is 2.20. The number of hydrogen-bond donors (Lipinski definition) is 1. The van der Waals surface area contributed by atoms with Crippen LogP contribution in [0.3, 0.4) is 0 Å². The number of unbranched alkanes of at least 4 members (excludes halogenated alkanes) is 49. The van der Waals surface area contributed by atoms with E-state index in [9.17, 15) is 9.90 Å². The fourth-order valence-electron chi connectivity index (χ4n) is 10.4. The molecule has 0 saturated carbocycles. The van der Waals surface area contributed by atoms with Gasteiger partial charge in [-0.25, -0.2) is 0 Å². The molecule has 4 nitrogen and oxygen atoms in total. The zero-order valence-corrected chi connectivity index (χ0v) is 47.8. The van der Waals surface area contributed by atoms with Crippen molar-refractivity contribution in [3.05, 3.63) is 12.2 Å². The van der Waals surface area contributed by atoms with Gasteiger partial charge in [0, 0.05) is 13.0 Å². The Bertz CT molecular complexity index is 964. The third-order valence-electron chi connectivity index (χ3n) is 15.2. The van der Waals surface area contributed by atoms with Crippen LogP contribution in [0.1, 0.15) is 374 Å². The maximum atomic E-state index is 13.0. The van der Waals surface area contributed by atoms with Crippen LogP contribution in [0.4, 0.5) is 0 Å². The number of carbonyl (C=O) groups is 1. The van der Waals surface area contributed by atoms with Crippen LogP contribution in [0, 0.1) is 0 Å². The van der Waals surface area contributed by atoms with Gasteiger partial charge < -0.3 is 14.6 Å². The molecule has 2 atom stereocenters. The zero-order chi connectivity index (χ0) is 49.9. The summed E-state index contributed by atoms with van der Waals surface area (Å²) in [6, 6.07) is 0. The first-order valence-corrected chi connectivity index (χ1v) is 32.3. The standard InChI is InChI=1S/C65H128O4/c1-4-7-10-13-16-19-22-25-28-30-32-34-36-39-41-44-47-50-53-56-59-63(64(62-66)69-65(67)60-57-54-51-48-45-42-38-27-24-21-18-15-12-9-6-3)68-61-58-55-52-49-46-43-40-37-35-33-31-29-26-23-20-17-14-11-8-5-2/h27,38,63-64,66H,4-26,28-37,39-62H2,1-3H3/b38-27-. The van der Waals surface area contributed by atoms with E-state index < -0.39 is 6.10 Å². The van der Waals surface area contributed by atoms with Crippen LogP contribution in [-0.2, 0) is 14.3 Å². The molecular weight excluding hydrogens is 845 g/mol. The lowest BCUT2D eigenvalue weighted by Gasteiger charge is -2.26. The van der Waals surface area contributed by atoms with E-state index in [-0.39, 0.29) is 18.7 Å². The van der Waals surface area contributed by atoms with E-state index in [0.29, 0.717) is 13.0 Å². The Kier molecular flexibility index (Phi) is 60.7. The molecule has 0 aliphatic rings. The predicted molar refractivity (Wildman–Crippen MR) is 307 cm³/mol. The lowest BCUT2D eigenvalue weighted by atomic mass is 10.0. The van der Waals surface area contributed by atoms with Crippen molar-refractivity contribution in [1.82, 2.24) is 0 Å². The van der Waals surface area contributed by atoms with Crippen molar-refractivity contribution in [2.45, 2.75) is 386 Å². The molecule has 0 bridgehead atoms. The molecule has 2 unspecified atom stereocenters. The minimum atomic E-state index is -0.550. The number of ether oxygens (including phenoxy) is 2. The lowest BCUT2D eigenvalue weighted by molar-refractivity contribution is -0.162. The highest BCUT2D eigenvalue weighted by Gasteiger charge is 2.25. The van der Waals surface area contributed by atoms with Gasteiger partial charge in [-0.1, -0.05) is 335 Å². The van der Waals surface area contributed by atoms with E-state index in [1.54, 1.807) is 0 Å². The van der Waals surface area contributed by atoms with Crippen molar-refractivity contribution in [2.75, 3.05) is 13.2 Å². The number of hydrogen-bond acceptors (Lipinski definition) is 4. The summed E-state index contributed by atoms with van der Waals surface area (Å²) in [5, 5.41) is 10.4. The fraction of sp³-hybridized carbons (Fsp3) is 0.954. The third-order valence-corrected chi connectivity index (χ3v) is 15.2. The summed E-state index contributed by atoms with van der Waals surface area (Å²) in [5.41, 5.74) is 0. The van der Waals surface area contributed by atoms with E-state index in [4.69, 9.17) is 9.47 Å². The molecule has 0 aromatic heterocycles. The number of esters is 1. The molecule has 0 aromatic rings. The second-order valence-corrected chi connectivity index (χ2v) is 22.2. The van der Waals surface area contributed by atoms with E-state index in [1.807, 2.05) is 0 Å².